The molecule has 182 valence electrons. The second-order valence-corrected chi connectivity index (χ2v) is 10.5. The van der Waals surface area contributed by atoms with Crippen LogP contribution in [0.25, 0.3) is 0 Å². The van der Waals surface area contributed by atoms with E-state index in [0.29, 0.717) is 40.7 Å². The molecule has 1 heterocycles. The fraction of sp³-hybridized carbons (Fsp3) is 0.200. The summed E-state index contributed by atoms with van der Waals surface area (Å²) in [6.45, 7) is 0.149. The molecule has 0 fully saturated rings. The molecule has 35 heavy (non-hydrogen) atoms. The van der Waals surface area contributed by atoms with Crippen molar-refractivity contribution >= 4 is 44.8 Å². The van der Waals surface area contributed by atoms with Gasteiger partial charge in [-0.15, -0.1) is 0 Å². The van der Waals surface area contributed by atoms with E-state index in [1.165, 1.54) is 31.3 Å². The highest BCUT2D eigenvalue weighted by Crippen LogP contribution is 2.32. The summed E-state index contributed by atoms with van der Waals surface area (Å²) in [5.41, 5.74) is 2.71. The lowest BCUT2D eigenvalue weighted by Crippen LogP contribution is -2.35. The number of anilines is 2. The van der Waals surface area contributed by atoms with Gasteiger partial charge in [-0.1, -0.05) is 17.7 Å². The lowest BCUT2D eigenvalue weighted by Gasteiger charge is -2.19. The molecule has 0 atom stereocenters. The van der Waals surface area contributed by atoms with E-state index in [1.54, 1.807) is 48.4 Å². The number of hydrogen-bond donors (Lipinski definition) is 1. The zero-order valence-corrected chi connectivity index (χ0v) is 20.8. The summed E-state index contributed by atoms with van der Waals surface area (Å²) < 4.78 is 31.6. The van der Waals surface area contributed by atoms with Crippen LogP contribution in [0.3, 0.4) is 0 Å². The molecule has 0 bridgehead atoms. The topological polar surface area (TPSA) is 96.0 Å². The molecule has 10 heteroatoms. The Labute approximate surface area is 209 Å². The van der Waals surface area contributed by atoms with Gasteiger partial charge in [0, 0.05) is 35.6 Å². The Hall–Kier alpha value is -3.40. The number of nitrogens with zero attached hydrogens (tertiary/aromatic N) is 2. The van der Waals surface area contributed by atoms with Crippen molar-refractivity contribution in [3.05, 3.63) is 82.9 Å². The number of fused-ring (bicyclic) bond motifs is 1. The van der Waals surface area contributed by atoms with E-state index in [0.717, 1.165) is 9.87 Å². The van der Waals surface area contributed by atoms with Crippen LogP contribution < -0.4 is 15.0 Å². The average Bonchev–Trinajstić information content (AvgIpc) is 3.27. The van der Waals surface area contributed by atoms with Gasteiger partial charge in [-0.25, -0.2) is 8.42 Å². The number of ether oxygens (including phenoxy) is 1. The Morgan fingerprint density at radius 3 is 2.40 bits per heavy atom. The van der Waals surface area contributed by atoms with Crippen LogP contribution in [0.4, 0.5) is 11.4 Å². The van der Waals surface area contributed by atoms with E-state index in [9.17, 15) is 18.0 Å². The summed E-state index contributed by atoms with van der Waals surface area (Å²) in [6.07, 6.45) is 0.702. The first-order valence-electron chi connectivity index (χ1n) is 10.8. The number of rotatable bonds is 7. The van der Waals surface area contributed by atoms with Crippen LogP contribution in [0.15, 0.2) is 71.6 Å². The number of hydrogen-bond acceptors (Lipinski definition) is 5. The monoisotopic (exact) mass is 513 g/mol. The van der Waals surface area contributed by atoms with Crippen molar-refractivity contribution in [2.45, 2.75) is 11.3 Å². The van der Waals surface area contributed by atoms with E-state index >= 15 is 0 Å². The Morgan fingerprint density at radius 2 is 1.74 bits per heavy atom. The molecule has 3 aromatic carbocycles. The minimum atomic E-state index is -3.86. The Bertz CT molecular complexity index is 1360. The van der Waals surface area contributed by atoms with Crippen molar-refractivity contribution < 1.29 is 22.7 Å². The molecular formula is C25H24ClN3O5S. The SMILES string of the molecule is COc1ccc(C(=O)N2CCc3ccc(NC(=O)CN(C)S(=O)(=O)c4ccc(Cl)cc4)cc32)cc1. The number of carbonyl (C=O) groups is 2. The van der Waals surface area contributed by atoms with Crippen LogP contribution in [0.1, 0.15) is 15.9 Å². The molecule has 3 aromatic rings. The Balaban J connectivity index is 1.46. The fourth-order valence-electron chi connectivity index (χ4n) is 3.83. The number of sulfonamides is 1. The van der Waals surface area contributed by atoms with Gasteiger partial charge in [-0.2, -0.15) is 4.31 Å². The van der Waals surface area contributed by atoms with Crippen LogP contribution in [-0.2, 0) is 21.2 Å². The average molecular weight is 514 g/mol. The molecule has 0 saturated carbocycles. The van der Waals surface area contributed by atoms with E-state index in [2.05, 4.69) is 5.32 Å². The van der Waals surface area contributed by atoms with Gasteiger partial charge in [0.25, 0.3) is 5.91 Å². The molecule has 0 unspecified atom stereocenters. The fourth-order valence-corrected chi connectivity index (χ4v) is 5.08. The minimum Gasteiger partial charge on any atom is -0.497 e. The summed E-state index contributed by atoms with van der Waals surface area (Å²) in [5, 5.41) is 3.15. The zero-order valence-electron chi connectivity index (χ0n) is 19.2. The maximum Gasteiger partial charge on any atom is 0.258 e. The quantitative estimate of drug-likeness (QED) is 0.518. The summed E-state index contributed by atoms with van der Waals surface area (Å²) in [6, 6.07) is 18.0. The standard InChI is InChI=1S/C25H24ClN3O5S/c1-28(35(32,33)22-11-6-19(26)7-12-22)16-24(30)27-20-8-3-17-13-14-29(23(17)15-20)25(31)18-4-9-21(34-2)10-5-18/h3-12,15H,13-14,16H2,1-2H3,(H,27,30). The maximum absolute atomic E-state index is 13.1. The summed E-state index contributed by atoms with van der Waals surface area (Å²) >= 11 is 5.83. The van der Waals surface area contributed by atoms with Crippen molar-refractivity contribution in [1.29, 1.82) is 0 Å². The van der Waals surface area contributed by atoms with Gasteiger partial charge in [0.2, 0.25) is 15.9 Å². The smallest absolute Gasteiger partial charge is 0.258 e. The number of carbonyl (C=O) groups excluding carboxylic acids is 2. The third-order valence-corrected chi connectivity index (χ3v) is 7.80. The summed E-state index contributed by atoms with van der Waals surface area (Å²) in [4.78, 5) is 27.4. The molecule has 0 saturated heterocycles. The molecule has 1 aliphatic heterocycles. The predicted octanol–water partition coefficient (Wildman–Crippen LogP) is 3.81. The molecular weight excluding hydrogens is 490 g/mol. The van der Waals surface area contributed by atoms with Gasteiger partial charge < -0.3 is 15.0 Å². The van der Waals surface area contributed by atoms with Crippen LogP contribution in [0, 0.1) is 0 Å². The van der Waals surface area contributed by atoms with Gasteiger partial charge in [-0.3, -0.25) is 9.59 Å². The molecule has 2 amide bonds. The molecule has 0 spiro atoms. The van der Waals surface area contributed by atoms with E-state index in [-0.39, 0.29) is 17.3 Å². The lowest BCUT2D eigenvalue weighted by atomic mass is 10.1. The maximum atomic E-state index is 13.1. The van der Waals surface area contributed by atoms with Crippen molar-refractivity contribution in [2.75, 3.05) is 37.5 Å². The number of methoxy groups -OCH3 is 1. The second-order valence-electron chi connectivity index (χ2n) is 8.04. The van der Waals surface area contributed by atoms with Crippen LogP contribution in [0.2, 0.25) is 5.02 Å². The first-order chi connectivity index (χ1) is 16.7. The summed E-state index contributed by atoms with van der Waals surface area (Å²) in [7, 11) is -0.958. The molecule has 0 aromatic heterocycles. The largest absolute Gasteiger partial charge is 0.497 e. The van der Waals surface area contributed by atoms with E-state index in [4.69, 9.17) is 16.3 Å². The Morgan fingerprint density at radius 1 is 1.06 bits per heavy atom. The molecule has 1 aliphatic rings. The highest BCUT2D eigenvalue weighted by atomic mass is 35.5. The summed E-state index contributed by atoms with van der Waals surface area (Å²) in [5.74, 6) is 0.0103. The molecule has 4 rings (SSSR count). The van der Waals surface area contributed by atoms with Gasteiger partial charge in [0.1, 0.15) is 5.75 Å². The molecule has 0 aliphatic carbocycles. The third-order valence-electron chi connectivity index (χ3n) is 5.73. The highest BCUT2D eigenvalue weighted by Gasteiger charge is 2.27. The number of amides is 2. The first-order valence-corrected chi connectivity index (χ1v) is 12.6. The van der Waals surface area contributed by atoms with Gasteiger partial charge in [-0.05, 0) is 72.6 Å². The van der Waals surface area contributed by atoms with Crippen molar-refractivity contribution in [1.82, 2.24) is 4.31 Å². The number of likely N-dealkylation sites (N-methyl/N-ethyl adjacent to an activating group) is 1. The van der Waals surface area contributed by atoms with Gasteiger partial charge >= 0.3 is 0 Å². The van der Waals surface area contributed by atoms with Crippen LogP contribution in [0.5, 0.6) is 5.75 Å². The second kappa shape index (κ2) is 10.1. The normalized spacial score (nSPS) is 13.0. The van der Waals surface area contributed by atoms with E-state index in [1.807, 2.05) is 6.07 Å². The van der Waals surface area contributed by atoms with Crippen molar-refractivity contribution in [2.24, 2.45) is 0 Å². The zero-order chi connectivity index (χ0) is 25.2. The number of nitrogens with one attached hydrogen (secondary N) is 1. The predicted molar refractivity (Wildman–Crippen MR) is 135 cm³/mol. The van der Waals surface area contributed by atoms with Crippen LogP contribution in [-0.4, -0.2) is 51.8 Å². The number of halogens is 1. The van der Waals surface area contributed by atoms with Gasteiger partial charge in [0.05, 0.1) is 18.6 Å². The van der Waals surface area contributed by atoms with Crippen molar-refractivity contribution in [3.63, 3.8) is 0 Å². The highest BCUT2D eigenvalue weighted by molar-refractivity contribution is 7.89. The Kier molecular flexibility index (Phi) is 7.11. The molecule has 1 N–H and O–H groups in total. The molecule has 0 radical (unpaired) electrons. The van der Waals surface area contributed by atoms with Crippen LogP contribution >= 0.6 is 11.6 Å². The van der Waals surface area contributed by atoms with Crippen molar-refractivity contribution in [3.8, 4) is 5.75 Å². The third kappa shape index (κ3) is 5.32. The minimum absolute atomic E-state index is 0.0439. The first kappa shape index (κ1) is 24.7. The lowest BCUT2D eigenvalue weighted by molar-refractivity contribution is -0.116. The number of benzene rings is 3. The van der Waals surface area contributed by atoms with E-state index < -0.39 is 15.9 Å². The molecule has 8 nitrogen and oxygen atoms in total. The van der Waals surface area contributed by atoms with Gasteiger partial charge in [0.15, 0.2) is 0 Å².